The number of aromatic amines is 1. The van der Waals surface area contributed by atoms with Crippen LogP contribution in [0.5, 0.6) is 5.75 Å². The van der Waals surface area contributed by atoms with Gasteiger partial charge in [0.2, 0.25) is 0 Å². The number of anilines is 1. The van der Waals surface area contributed by atoms with Gasteiger partial charge in [0.1, 0.15) is 22.9 Å². The van der Waals surface area contributed by atoms with Crippen molar-refractivity contribution in [2.45, 2.75) is 87.5 Å². The van der Waals surface area contributed by atoms with Gasteiger partial charge >= 0.3 is 11.9 Å². The number of nitrogens with zero attached hydrogens (tertiary/aromatic N) is 3. The quantitative estimate of drug-likeness (QED) is 0.135. The largest absolute Gasteiger partial charge is 0.496 e. The van der Waals surface area contributed by atoms with Gasteiger partial charge in [-0.1, -0.05) is 74.0 Å². The number of aromatic nitrogens is 1. The molecule has 10 rings (SSSR count). The number of aliphatic hydroxyl groups is 1. The number of esters is 2. The molecule has 1 saturated heterocycles. The minimum Gasteiger partial charge on any atom is -0.496 e. The van der Waals surface area contributed by atoms with E-state index in [0.29, 0.717) is 37.1 Å². The number of amides is 1. The predicted octanol–water partition coefficient (Wildman–Crippen LogP) is 6.05. The van der Waals surface area contributed by atoms with Crippen molar-refractivity contribution >= 4 is 34.4 Å². The zero-order chi connectivity index (χ0) is 44.8. The number of carbonyl (C=O) groups is 3. The van der Waals surface area contributed by atoms with Crippen LogP contribution >= 0.6 is 0 Å². The maximum Gasteiger partial charge on any atom is 0.322 e. The smallest absolute Gasteiger partial charge is 0.322 e. The Hall–Kier alpha value is -5.43. The Bertz CT molecular complexity index is 2590. The minimum atomic E-state index is -1.79. The van der Waals surface area contributed by atoms with E-state index >= 15 is 4.79 Å². The molecule has 336 valence electrons. The Morgan fingerprint density at radius 2 is 1.77 bits per heavy atom. The molecule has 1 spiro atoms. The van der Waals surface area contributed by atoms with E-state index in [-0.39, 0.29) is 30.4 Å². The molecule has 3 N–H and O–H groups in total. The summed E-state index contributed by atoms with van der Waals surface area (Å²) in [6.07, 6.45) is 9.05. The minimum absolute atomic E-state index is 0.0300. The number of hydrogen-bond acceptors (Lipinski definition) is 10. The average Bonchev–Trinajstić information content (AvgIpc) is 3.98. The van der Waals surface area contributed by atoms with Gasteiger partial charge in [-0.3, -0.25) is 24.2 Å². The topological polar surface area (TPSA) is 137 Å². The van der Waals surface area contributed by atoms with Crippen molar-refractivity contribution in [3.63, 3.8) is 0 Å². The monoisotopic (exact) mass is 867 g/mol. The zero-order valence-electron chi connectivity index (χ0n) is 37.9. The number of nitrogens with one attached hydrogen (secondary N) is 2. The number of H-pyrrole nitrogens is 1. The van der Waals surface area contributed by atoms with Crippen molar-refractivity contribution in [1.82, 2.24) is 20.1 Å². The molecule has 3 aromatic carbocycles. The normalized spacial score (nSPS) is 32.5. The van der Waals surface area contributed by atoms with Crippen molar-refractivity contribution in [1.29, 1.82) is 0 Å². The maximum atomic E-state index is 15.4. The number of rotatable bonds is 9. The number of ether oxygens (including phenoxy) is 3. The van der Waals surface area contributed by atoms with Crippen LogP contribution < -0.4 is 15.0 Å². The molecule has 6 aliphatic rings. The standard InChI is InChI=1S/C52H61N5O7/c1-7-33-25-34-28-51(48(60)63-6,43-37(19-23-56(29-33)30-34)36-17-12-13-18-40(36)54-43)39-26-38-41(27-42(39)62-5)55(4)46-50(38)21-24-57-22-14-20-49(8-2,45(50)57)47(64-32(3)58)52(46,61)31-53-44(59)35-15-10-9-11-16-35/h9-18,20,25-27,34,45-47,54,61H,7-8,19,21-24,28-31H2,1-6H3,(H,53,59)/t34-,45+,46-,47-,49-,50-,51+,52+/m1/s1. The summed E-state index contributed by atoms with van der Waals surface area (Å²) in [6.45, 7) is 9.53. The molecule has 1 amide bonds. The third-order valence-electron chi connectivity index (χ3n) is 16.2. The summed E-state index contributed by atoms with van der Waals surface area (Å²) >= 11 is 0. The summed E-state index contributed by atoms with van der Waals surface area (Å²) < 4.78 is 18.9. The molecule has 5 aliphatic heterocycles. The summed E-state index contributed by atoms with van der Waals surface area (Å²) in [6, 6.07) is 20.7. The van der Waals surface area contributed by atoms with Crippen molar-refractivity contribution in [3.8, 4) is 5.75 Å². The van der Waals surface area contributed by atoms with Gasteiger partial charge in [-0.15, -0.1) is 0 Å². The second-order valence-corrected chi connectivity index (χ2v) is 19.2. The summed E-state index contributed by atoms with van der Waals surface area (Å²) in [5.41, 5.74) is 2.58. The molecule has 4 aromatic rings. The summed E-state index contributed by atoms with van der Waals surface area (Å²) in [5, 5.41) is 18.1. The van der Waals surface area contributed by atoms with Gasteiger partial charge in [0.05, 0.1) is 26.8 Å². The van der Waals surface area contributed by atoms with E-state index in [2.05, 4.69) is 87.4 Å². The first kappa shape index (κ1) is 42.5. The first-order valence-electron chi connectivity index (χ1n) is 23.1. The van der Waals surface area contributed by atoms with E-state index in [0.717, 1.165) is 78.0 Å². The van der Waals surface area contributed by atoms with Crippen LogP contribution in [-0.2, 0) is 36.3 Å². The lowest BCUT2D eigenvalue weighted by atomic mass is 9.47. The molecule has 1 aromatic heterocycles. The second kappa shape index (κ2) is 15.6. The molecular weight excluding hydrogens is 807 g/mol. The lowest BCUT2D eigenvalue weighted by Crippen LogP contribution is -2.81. The SMILES string of the molecule is CCC1=C[C@H]2CN(CCc3c([nH]c4ccccc34)[C@@](C(=O)OC)(c3cc4c(cc3OC)N(C)[C@H]3[C@@](O)(CNC(=O)c5ccccc5)[C@H](OC(C)=O)[C@]5(CC)C=CCN6CC[C@]43[C@@H]65)C2)C1. The number of fused-ring (bicyclic) bond motifs is 6. The highest BCUT2D eigenvalue weighted by Gasteiger charge is 2.78. The van der Waals surface area contributed by atoms with Crippen LogP contribution in [0.1, 0.15) is 79.2 Å². The van der Waals surface area contributed by atoms with Crippen molar-refractivity contribution in [3.05, 3.63) is 118 Å². The lowest BCUT2D eigenvalue weighted by Gasteiger charge is -2.64. The molecule has 9 atom stereocenters. The molecule has 64 heavy (non-hydrogen) atoms. The fourth-order valence-corrected chi connectivity index (χ4v) is 13.9. The van der Waals surface area contributed by atoms with Crippen molar-refractivity contribution in [2.24, 2.45) is 11.3 Å². The Morgan fingerprint density at radius 1 is 0.984 bits per heavy atom. The Kier molecular flexibility index (Phi) is 10.4. The molecule has 12 nitrogen and oxygen atoms in total. The summed E-state index contributed by atoms with van der Waals surface area (Å²) in [5.74, 6) is -0.621. The van der Waals surface area contributed by atoms with E-state index in [4.69, 9.17) is 14.2 Å². The summed E-state index contributed by atoms with van der Waals surface area (Å²) in [4.78, 5) is 53.6. The molecule has 2 bridgehead atoms. The molecular formula is C52H61N5O7. The van der Waals surface area contributed by atoms with Gasteiger partial charge in [-0.25, -0.2) is 0 Å². The fourth-order valence-electron chi connectivity index (χ4n) is 13.9. The Morgan fingerprint density at radius 3 is 2.50 bits per heavy atom. The highest BCUT2D eigenvalue weighted by Crippen LogP contribution is 2.68. The van der Waals surface area contributed by atoms with Gasteiger partial charge in [0.15, 0.2) is 0 Å². The van der Waals surface area contributed by atoms with Gasteiger partial charge < -0.3 is 34.5 Å². The van der Waals surface area contributed by atoms with Crippen LogP contribution in [0.25, 0.3) is 10.9 Å². The molecule has 2 fully saturated rings. The number of methoxy groups -OCH3 is 2. The van der Waals surface area contributed by atoms with Gasteiger partial charge in [0.25, 0.3) is 5.91 Å². The Balaban J connectivity index is 1.24. The fraction of sp³-hybridized carbons (Fsp3) is 0.481. The molecule has 0 radical (unpaired) electrons. The van der Waals surface area contributed by atoms with E-state index < -0.39 is 40.0 Å². The third kappa shape index (κ3) is 5.93. The molecule has 12 heteroatoms. The number of para-hydroxylation sites is 1. The van der Waals surface area contributed by atoms with Crippen LogP contribution in [0.4, 0.5) is 5.69 Å². The van der Waals surface area contributed by atoms with Gasteiger partial charge in [-0.05, 0) is 80.0 Å². The zero-order valence-corrected chi connectivity index (χ0v) is 37.9. The highest BCUT2D eigenvalue weighted by atomic mass is 16.6. The number of benzene rings is 3. The molecule has 1 unspecified atom stereocenters. The molecule has 1 saturated carbocycles. The number of likely N-dealkylation sites (N-methyl/N-ethyl adjacent to an activating group) is 1. The van der Waals surface area contributed by atoms with E-state index in [9.17, 15) is 14.7 Å². The van der Waals surface area contributed by atoms with Crippen LogP contribution in [0.15, 0.2) is 90.5 Å². The number of carbonyl (C=O) groups excluding carboxylic acids is 3. The van der Waals surface area contributed by atoms with E-state index in [1.807, 2.05) is 31.3 Å². The van der Waals surface area contributed by atoms with Crippen LogP contribution in [0.2, 0.25) is 0 Å². The Labute approximate surface area is 375 Å². The maximum absolute atomic E-state index is 15.4. The summed E-state index contributed by atoms with van der Waals surface area (Å²) in [7, 11) is 5.14. The average molecular weight is 868 g/mol. The van der Waals surface area contributed by atoms with Crippen LogP contribution in [0, 0.1) is 11.3 Å². The van der Waals surface area contributed by atoms with Gasteiger partial charge in [-0.2, -0.15) is 0 Å². The van der Waals surface area contributed by atoms with Crippen molar-refractivity contribution in [2.75, 3.05) is 65.4 Å². The van der Waals surface area contributed by atoms with Crippen LogP contribution in [0.3, 0.4) is 0 Å². The third-order valence-corrected chi connectivity index (χ3v) is 16.2. The number of hydrogen-bond donors (Lipinski definition) is 3. The van der Waals surface area contributed by atoms with Gasteiger partial charge in [0, 0.05) is 96.5 Å². The highest BCUT2D eigenvalue weighted by molar-refractivity contribution is 5.95. The molecule has 6 heterocycles. The van der Waals surface area contributed by atoms with E-state index in [1.54, 1.807) is 19.2 Å². The van der Waals surface area contributed by atoms with Crippen molar-refractivity contribution < 1.29 is 33.7 Å². The first-order valence-corrected chi connectivity index (χ1v) is 23.1. The first-order chi connectivity index (χ1) is 30.9. The van der Waals surface area contributed by atoms with E-state index in [1.165, 1.54) is 19.6 Å². The lowest BCUT2D eigenvalue weighted by molar-refractivity contribution is -0.216. The predicted molar refractivity (Wildman–Crippen MR) is 246 cm³/mol. The molecule has 1 aliphatic carbocycles. The second-order valence-electron chi connectivity index (χ2n) is 19.2. The van der Waals surface area contributed by atoms with Crippen LogP contribution in [-0.4, -0.2) is 122 Å².